The van der Waals surface area contributed by atoms with E-state index in [9.17, 15) is 4.79 Å². The molecule has 27 heavy (non-hydrogen) atoms. The average molecular weight is 489 g/mol. The monoisotopic (exact) mass is 487 g/mol. The summed E-state index contributed by atoms with van der Waals surface area (Å²) in [4.78, 5) is 15.2. The van der Waals surface area contributed by atoms with Gasteiger partial charge >= 0.3 is 5.97 Å². The number of ether oxygens (including phenoxy) is 1. The van der Waals surface area contributed by atoms with Crippen LogP contribution in [0.2, 0.25) is 0 Å². The quantitative estimate of drug-likeness (QED) is 0.418. The second-order valence-electron chi connectivity index (χ2n) is 5.70. The highest BCUT2D eigenvalue weighted by molar-refractivity contribution is 9.11. The molecule has 0 aliphatic heterocycles. The molecule has 3 rings (SSSR count). The molecule has 0 saturated heterocycles. The van der Waals surface area contributed by atoms with E-state index in [0.29, 0.717) is 12.3 Å². The van der Waals surface area contributed by atoms with Crippen LogP contribution in [0.5, 0.6) is 5.75 Å². The number of halogens is 2. The van der Waals surface area contributed by atoms with Gasteiger partial charge in [0.1, 0.15) is 12.4 Å². The third kappa shape index (κ3) is 5.52. The number of rotatable bonds is 6. The Morgan fingerprint density at radius 3 is 2.33 bits per heavy atom. The van der Waals surface area contributed by atoms with E-state index < -0.39 is 5.97 Å². The zero-order valence-corrected chi connectivity index (χ0v) is 17.3. The first-order valence-corrected chi connectivity index (χ1v) is 9.64. The number of hydrogen-bond acceptors (Lipinski definition) is 3. The van der Waals surface area contributed by atoms with Crippen LogP contribution in [0.1, 0.15) is 21.5 Å². The molecule has 0 amide bonds. The van der Waals surface area contributed by atoms with Crippen LogP contribution in [0, 0.1) is 0 Å². The number of carboxylic acid groups (broad SMARTS) is 1. The van der Waals surface area contributed by atoms with Crippen molar-refractivity contribution in [2.45, 2.75) is 6.61 Å². The van der Waals surface area contributed by atoms with E-state index in [1.807, 2.05) is 42.5 Å². The summed E-state index contributed by atoms with van der Waals surface area (Å²) < 4.78 is 7.83. The van der Waals surface area contributed by atoms with Crippen molar-refractivity contribution in [2.24, 2.45) is 4.99 Å². The van der Waals surface area contributed by atoms with Crippen molar-refractivity contribution in [1.82, 2.24) is 0 Å². The van der Waals surface area contributed by atoms with Gasteiger partial charge in [0.15, 0.2) is 0 Å². The Labute approximate surface area is 173 Å². The third-order valence-electron chi connectivity index (χ3n) is 3.77. The van der Waals surface area contributed by atoms with E-state index in [1.54, 1.807) is 18.3 Å². The van der Waals surface area contributed by atoms with E-state index in [4.69, 9.17) is 9.84 Å². The van der Waals surface area contributed by atoms with Gasteiger partial charge in [0, 0.05) is 20.7 Å². The van der Waals surface area contributed by atoms with Gasteiger partial charge in [0.25, 0.3) is 0 Å². The van der Waals surface area contributed by atoms with E-state index >= 15 is 0 Å². The molecular formula is C21H15Br2NO3. The van der Waals surface area contributed by atoms with Crippen molar-refractivity contribution in [3.05, 3.63) is 92.4 Å². The molecule has 0 bridgehead atoms. The number of hydrogen-bond donors (Lipinski definition) is 1. The van der Waals surface area contributed by atoms with Crippen LogP contribution in [0.15, 0.2) is 80.7 Å². The Kier molecular flexibility index (Phi) is 6.42. The fourth-order valence-electron chi connectivity index (χ4n) is 2.29. The molecule has 0 fully saturated rings. The number of aromatic carboxylic acids is 1. The molecule has 0 unspecified atom stereocenters. The van der Waals surface area contributed by atoms with Crippen LogP contribution < -0.4 is 4.74 Å². The molecule has 0 radical (unpaired) electrons. The standard InChI is InChI=1S/C21H15Br2NO3/c22-17-6-3-16(20(23)11-17)13-27-19-9-1-14(2-10-19)12-24-18-7-4-15(5-8-18)21(25)26/h1-12H,13H2,(H,25,26). The molecule has 0 saturated carbocycles. The summed E-state index contributed by atoms with van der Waals surface area (Å²) in [7, 11) is 0. The normalized spacial score (nSPS) is 10.9. The van der Waals surface area contributed by atoms with Crippen LogP contribution >= 0.6 is 31.9 Å². The maximum Gasteiger partial charge on any atom is 0.335 e. The Bertz CT molecular complexity index is 968. The van der Waals surface area contributed by atoms with Crippen molar-refractivity contribution in [3.63, 3.8) is 0 Å². The van der Waals surface area contributed by atoms with Crippen molar-refractivity contribution < 1.29 is 14.6 Å². The summed E-state index contributed by atoms with van der Waals surface area (Å²) in [6, 6.07) is 20.0. The number of carbonyl (C=O) groups is 1. The third-order valence-corrected chi connectivity index (χ3v) is 5.00. The summed E-state index contributed by atoms with van der Waals surface area (Å²) in [5.41, 5.74) is 2.93. The predicted molar refractivity (Wildman–Crippen MR) is 113 cm³/mol. The molecule has 136 valence electrons. The Morgan fingerprint density at radius 2 is 1.70 bits per heavy atom. The lowest BCUT2D eigenvalue weighted by molar-refractivity contribution is 0.0697. The van der Waals surface area contributed by atoms with E-state index in [0.717, 1.165) is 25.8 Å². The minimum absolute atomic E-state index is 0.243. The molecule has 0 aromatic heterocycles. The number of aliphatic imine (C=N–C) groups is 1. The Balaban J connectivity index is 1.60. The van der Waals surface area contributed by atoms with Gasteiger partial charge in [-0.1, -0.05) is 37.9 Å². The molecule has 0 atom stereocenters. The number of benzene rings is 3. The summed E-state index contributed by atoms with van der Waals surface area (Å²) in [6.45, 7) is 0.469. The number of carboxylic acids is 1. The fourth-order valence-corrected chi connectivity index (χ4v) is 3.45. The molecule has 0 aliphatic rings. The van der Waals surface area contributed by atoms with Gasteiger partial charge in [0.05, 0.1) is 11.3 Å². The van der Waals surface area contributed by atoms with Gasteiger partial charge in [-0.25, -0.2) is 4.79 Å². The van der Waals surface area contributed by atoms with Crippen LogP contribution in [-0.4, -0.2) is 17.3 Å². The molecule has 3 aromatic rings. The Hall–Kier alpha value is -2.44. The van der Waals surface area contributed by atoms with Crippen molar-refractivity contribution in [3.8, 4) is 5.75 Å². The minimum atomic E-state index is -0.948. The lowest BCUT2D eigenvalue weighted by atomic mass is 10.2. The second-order valence-corrected chi connectivity index (χ2v) is 7.47. The first kappa shape index (κ1) is 19.3. The zero-order chi connectivity index (χ0) is 19.2. The largest absolute Gasteiger partial charge is 0.489 e. The SMILES string of the molecule is O=C(O)c1ccc(N=Cc2ccc(OCc3ccc(Br)cc3Br)cc2)cc1. The molecule has 6 heteroatoms. The summed E-state index contributed by atoms with van der Waals surface area (Å²) in [6.07, 6.45) is 1.73. The highest BCUT2D eigenvalue weighted by Crippen LogP contribution is 2.23. The van der Waals surface area contributed by atoms with Crippen LogP contribution in [-0.2, 0) is 6.61 Å². The van der Waals surface area contributed by atoms with Crippen molar-refractivity contribution in [1.29, 1.82) is 0 Å². The zero-order valence-electron chi connectivity index (χ0n) is 14.1. The van der Waals surface area contributed by atoms with Gasteiger partial charge < -0.3 is 9.84 Å². The smallest absolute Gasteiger partial charge is 0.335 e. The molecule has 4 nitrogen and oxygen atoms in total. The predicted octanol–water partition coefficient (Wildman–Crippen LogP) is 6.24. The maximum atomic E-state index is 10.8. The van der Waals surface area contributed by atoms with Gasteiger partial charge in [-0.05, 0) is 66.2 Å². The summed E-state index contributed by atoms with van der Waals surface area (Å²) in [5.74, 6) is -0.177. The average Bonchev–Trinajstić information content (AvgIpc) is 2.67. The Morgan fingerprint density at radius 1 is 1.00 bits per heavy atom. The molecule has 3 aromatic carbocycles. The molecule has 0 spiro atoms. The summed E-state index contributed by atoms with van der Waals surface area (Å²) in [5, 5.41) is 8.90. The molecule has 1 N–H and O–H groups in total. The first-order valence-electron chi connectivity index (χ1n) is 8.05. The van der Waals surface area contributed by atoms with Crippen LogP contribution in [0.4, 0.5) is 5.69 Å². The summed E-state index contributed by atoms with van der Waals surface area (Å²) >= 11 is 6.96. The first-order chi connectivity index (χ1) is 13.0. The maximum absolute atomic E-state index is 10.8. The number of nitrogens with zero attached hydrogens (tertiary/aromatic N) is 1. The van der Waals surface area contributed by atoms with Crippen molar-refractivity contribution in [2.75, 3.05) is 0 Å². The lowest BCUT2D eigenvalue weighted by Gasteiger charge is -2.08. The molecule has 0 aliphatic carbocycles. The van der Waals surface area contributed by atoms with E-state index in [1.165, 1.54) is 12.1 Å². The van der Waals surface area contributed by atoms with E-state index in [2.05, 4.69) is 36.9 Å². The van der Waals surface area contributed by atoms with Crippen molar-refractivity contribution >= 4 is 49.7 Å². The van der Waals surface area contributed by atoms with Gasteiger partial charge in [-0.15, -0.1) is 0 Å². The molecular weight excluding hydrogens is 474 g/mol. The minimum Gasteiger partial charge on any atom is -0.489 e. The van der Waals surface area contributed by atoms with Gasteiger partial charge in [-0.2, -0.15) is 0 Å². The van der Waals surface area contributed by atoms with Crippen LogP contribution in [0.25, 0.3) is 0 Å². The molecule has 0 heterocycles. The lowest BCUT2D eigenvalue weighted by Crippen LogP contribution is -1.96. The highest BCUT2D eigenvalue weighted by atomic mass is 79.9. The second kappa shape index (κ2) is 8.97. The van der Waals surface area contributed by atoms with Crippen LogP contribution in [0.3, 0.4) is 0 Å². The highest BCUT2D eigenvalue weighted by Gasteiger charge is 2.03. The fraction of sp³-hybridized carbons (Fsp3) is 0.0476. The van der Waals surface area contributed by atoms with Gasteiger partial charge in [-0.3, -0.25) is 4.99 Å². The topological polar surface area (TPSA) is 58.9 Å². The van der Waals surface area contributed by atoms with Gasteiger partial charge in [0.2, 0.25) is 0 Å². The van der Waals surface area contributed by atoms with E-state index in [-0.39, 0.29) is 5.56 Å².